The van der Waals surface area contributed by atoms with Crippen LogP contribution in [0.2, 0.25) is 0 Å². The summed E-state index contributed by atoms with van der Waals surface area (Å²) >= 11 is 3.10. The van der Waals surface area contributed by atoms with E-state index in [-0.39, 0.29) is 0 Å². The van der Waals surface area contributed by atoms with Crippen LogP contribution < -0.4 is 0 Å². The Bertz CT molecular complexity index is 687. The fourth-order valence-electron chi connectivity index (χ4n) is 1.41. The van der Waals surface area contributed by atoms with E-state index in [0.29, 0.717) is 17.1 Å². The Labute approximate surface area is 167 Å². The first-order valence-electron chi connectivity index (χ1n) is 7.56. The Morgan fingerprint density at radius 2 is 1.96 bits per heavy atom. The molecule has 1 amide bonds. The van der Waals surface area contributed by atoms with Crippen molar-refractivity contribution in [1.29, 1.82) is 0 Å². The zero-order valence-electron chi connectivity index (χ0n) is 14.4. The Hall–Kier alpha value is -1.53. The van der Waals surface area contributed by atoms with Crippen LogP contribution >= 0.6 is 34.4 Å². The van der Waals surface area contributed by atoms with Crippen molar-refractivity contribution >= 4 is 51.5 Å². The standard InChI is InChI=1S/C15H17F3N2O4S3/c1-3-4-9-23-12(21)10-7-5-6-8-11(10)26-27-20(2)14(22)24-19-13(25)15(16,17)18/h5-8H,3-4,9H2,1-2H3,(H,19,25). The lowest BCUT2D eigenvalue weighted by Gasteiger charge is -2.14. The minimum absolute atomic E-state index is 0.303. The quantitative estimate of drug-likeness (QED) is 0.0689. The molecule has 0 heterocycles. The molecule has 0 N–H and O–H groups in total. The number of alkyl halides is 3. The molecule has 0 radical (unpaired) electrons. The highest BCUT2D eigenvalue weighted by Crippen LogP contribution is 2.36. The SMILES string of the molecule is CCCCOC(=O)c1ccccc1SSN(C)C(=O)ON=C(S)C(F)(F)F. The molecule has 1 rings (SSSR count). The smallest absolute Gasteiger partial charge is 0.446 e. The van der Waals surface area contributed by atoms with Crippen LogP contribution in [0.1, 0.15) is 30.1 Å². The first kappa shape index (κ1) is 23.5. The van der Waals surface area contributed by atoms with E-state index in [0.717, 1.165) is 38.9 Å². The number of ether oxygens (including phenoxy) is 1. The van der Waals surface area contributed by atoms with E-state index in [1.54, 1.807) is 24.3 Å². The normalized spacial score (nSPS) is 11.9. The summed E-state index contributed by atoms with van der Waals surface area (Å²) in [6, 6.07) is 6.60. The third-order valence-corrected chi connectivity index (χ3v) is 5.55. The maximum absolute atomic E-state index is 12.2. The molecule has 1 aromatic carbocycles. The topological polar surface area (TPSA) is 68.2 Å². The molecule has 0 unspecified atom stereocenters. The molecule has 12 heteroatoms. The first-order valence-corrected chi connectivity index (χ1v) is 10.1. The number of hydrogen-bond donors (Lipinski definition) is 1. The number of rotatable bonds is 8. The molecule has 0 aromatic heterocycles. The summed E-state index contributed by atoms with van der Waals surface area (Å²) in [5, 5.41) is 1.05. The van der Waals surface area contributed by atoms with Gasteiger partial charge in [-0.15, -0.1) is 12.6 Å². The number of carbonyl (C=O) groups excluding carboxylic acids is 2. The minimum atomic E-state index is -4.80. The zero-order valence-corrected chi connectivity index (χ0v) is 16.9. The van der Waals surface area contributed by atoms with E-state index in [1.165, 1.54) is 7.05 Å². The van der Waals surface area contributed by atoms with Crippen molar-refractivity contribution in [1.82, 2.24) is 4.31 Å². The van der Waals surface area contributed by atoms with E-state index in [2.05, 4.69) is 22.6 Å². The largest absolute Gasteiger partial charge is 0.462 e. The second kappa shape index (κ2) is 11.3. The minimum Gasteiger partial charge on any atom is -0.462 e. The molecule has 27 heavy (non-hydrogen) atoms. The number of hydrogen-bond acceptors (Lipinski definition) is 7. The Kier molecular flexibility index (Phi) is 9.88. The number of amides is 1. The second-order valence-electron chi connectivity index (χ2n) is 4.91. The molecular formula is C15H17F3N2O4S3. The van der Waals surface area contributed by atoms with Crippen molar-refractivity contribution in [2.24, 2.45) is 5.16 Å². The lowest BCUT2D eigenvalue weighted by atomic mass is 10.2. The highest BCUT2D eigenvalue weighted by Gasteiger charge is 2.34. The van der Waals surface area contributed by atoms with Gasteiger partial charge in [0.15, 0.2) is 0 Å². The molecule has 1 aromatic rings. The van der Waals surface area contributed by atoms with Gasteiger partial charge in [-0.1, -0.05) is 30.6 Å². The first-order chi connectivity index (χ1) is 12.7. The van der Waals surface area contributed by atoms with Crippen molar-refractivity contribution in [3.63, 3.8) is 0 Å². The monoisotopic (exact) mass is 442 g/mol. The van der Waals surface area contributed by atoms with Crippen LogP contribution in [0.3, 0.4) is 0 Å². The lowest BCUT2D eigenvalue weighted by molar-refractivity contribution is -0.0574. The van der Waals surface area contributed by atoms with Crippen molar-refractivity contribution < 1.29 is 32.3 Å². The molecule has 6 nitrogen and oxygen atoms in total. The van der Waals surface area contributed by atoms with Gasteiger partial charge in [0.05, 0.1) is 12.2 Å². The van der Waals surface area contributed by atoms with Crippen LogP contribution in [0, 0.1) is 0 Å². The van der Waals surface area contributed by atoms with E-state index < -0.39 is 23.3 Å². The van der Waals surface area contributed by atoms with Gasteiger partial charge in [0.1, 0.15) is 0 Å². The molecular weight excluding hydrogens is 425 g/mol. The van der Waals surface area contributed by atoms with Gasteiger partial charge < -0.3 is 4.74 Å². The van der Waals surface area contributed by atoms with Crippen LogP contribution in [0.4, 0.5) is 18.0 Å². The molecule has 0 spiro atoms. The molecule has 0 fully saturated rings. The van der Waals surface area contributed by atoms with Crippen molar-refractivity contribution in [2.45, 2.75) is 30.8 Å². The number of nitrogens with zero attached hydrogens (tertiary/aromatic N) is 2. The number of oxime groups is 1. The Morgan fingerprint density at radius 3 is 2.59 bits per heavy atom. The van der Waals surface area contributed by atoms with Crippen molar-refractivity contribution in [3.8, 4) is 0 Å². The number of esters is 1. The number of halogens is 3. The molecule has 0 saturated heterocycles. The highest BCUT2D eigenvalue weighted by molar-refractivity contribution is 8.76. The average molecular weight is 443 g/mol. The summed E-state index contributed by atoms with van der Waals surface area (Å²) in [4.78, 5) is 28.5. The summed E-state index contributed by atoms with van der Waals surface area (Å²) in [5.41, 5.74) is 0.320. The number of unbranched alkanes of at least 4 members (excludes halogenated alkanes) is 1. The molecule has 0 bridgehead atoms. The fraction of sp³-hybridized carbons (Fsp3) is 0.400. The van der Waals surface area contributed by atoms with Gasteiger partial charge in [0.2, 0.25) is 5.04 Å². The molecule has 0 aliphatic rings. The molecule has 0 saturated carbocycles. The molecule has 150 valence electrons. The second-order valence-corrected chi connectivity index (χ2v) is 7.58. The lowest BCUT2D eigenvalue weighted by Crippen LogP contribution is -2.21. The van der Waals surface area contributed by atoms with Gasteiger partial charge in [0.25, 0.3) is 0 Å². The van der Waals surface area contributed by atoms with Gasteiger partial charge >= 0.3 is 18.2 Å². The Balaban J connectivity index is 2.64. The van der Waals surface area contributed by atoms with Crippen LogP contribution in [-0.4, -0.2) is 41.2 Å². The van der Waals surface area contributed by atoms with Gasteiger partial charge in [-0.25, -0.2) is 13.9 Å². The highest BCUT2D eigenvalue weighted by atomic mass is 33.1. The van der Waals surface area contributed by atoms with E-state index in [4.69, 9.17) is 4.74 Å². The summed E-state index contributed by atoms with van der Waals surface area (Å²) in [6.07, 6.45) is -4.31. The summed E-state index contributed by atoms with van der Waals surface area (Å²) < 4.78 is 42.8. The van der Waals surface area contributed by atoms with E-state index in [9.17, 15) is 22.8 Å². The predicted octanol–water partition coefficient (Wildman–Crippen LogP) is 5.17. The number of thiol groups is 1. The third-order valence-electron chi connectivity index (χ3n) is 2.80. The molecule has 0 aliphatic carbocycles. The summed E-state index contributed by atoms with van der Waals surface area (Å²) in [5.74, 6) is -0.494. The Morgan fingerprint density at radius 1 is 1.30 bits per heavy atom. The third kappa shape index (κ3) is 8.35. The van der Waals surface area contributed by atoms with Crippen molar-refractivity contribution in [2.75, 3.05) is 13.7 Å². The predicted molar refractivity (Wildman–Crippen MR) is 102 cm³/mol. The zero-order chi connectivity index (χ0) is 20.4. The fourth-order valence-corrected chi connectivity index (χ4v) is 3.31. The van der Waals surface area contributed by atoms with Crippen LogP contribution in [-0.2, 0) is 9.57 Å². The summed E-state index contributed by atoms with van der Waals surface area (Å²) in [7, 11) is 3.17. The average Bonchev–Trinajstić information content (AvgIpc) is 2.63. The van der Waals surface area contributed by atoms with Gasteiger partial charge in [-0.3, -0.25) is 4.84 Å². The van der Waals surface area contributed by atoms with Gasteiger partial charge in [0, 0.05) is 22.9 Å². The van der Waals surface area contributed by atoms with Crippen LogP contribution in [0.5, 0.6) is 0 Å². The van der Waals surface area contributed by atoms with E-state index in [1.807, 2.05) is 6.92 Å². The van der Waals surface area contributed by atoms with E-state index >= 15 is 0 Å². The van der Waals surface area contributed by atoms with Crippen LogP contribution in [0.25, 0.3) is 0 Å². The van der Waals surface area contributed by atoms with Crippen molar-refractivity contribution in [3.05, 3.63) is 29.8 Å². The maximum Gasteiger partial charge on any atom is 0.446 e. The molecule has 0 aliphatic heterocycles. The maximum atomic E-state index is 12.2. The number of carbonyl (C=O) groups is 2. The number of benzene rings is 1. The molecule has 0 atom stereocenters. The van der Waals surface area contributed by atoms with Crippen LogP contribution in [0.15, 0.2) is 34.3 Å². The summed E-state index contributed by atoms with van der Waals surface area (Å²) in [6.45, 7) is 2.27. The van der Waals surface area contributed by atoms with Gasteiger partial charge in [-0.05, 0) is 29.3 Å². The van der Waals surface area contributed by atoms with Gasteiger partial charge in [-0.2, -0.15) is 13.2 Å².